The van der Waals surface area contributed by atoms with E-state index in [1.165, 1.54) is 61.0 Å². The lowest BCUT2D eigenvalue weighted by Crippen LogP contribution is -2.46. The van der Waals surface area contributed by atoms with Crippen molar-refractivity contribution < 1.29 is 23.9 Å². The first-order valence-corrected chi connectivity index (χ1v) is 22.5. The maximum atomic E-state index is 13.3. The van der Waals surface area contributed by atoms with Crippen molar-refractivity contribution in [2.75, 3.05) is 5.32 Å². The summed E-state index contributed by atoms with van der Waals surface area (Å²) < 4.78 is 12.3. The fraction of sp³-hybridized carbons (Fsp3) is 0.660. The molecule has 0 radical (unpaired) electrons. The first kappa shape index (κ1) is 42.9. The largest absolute Gasteiger partial charge is 0.462 e. The summed E-state index contributed by atoms with van der Waals surface area (Å²) in [5.74, 6) is 1.98. The minimum atomic E-state index is -0.142. The van der Waals surface area contributed by atoms with E-state index in [-0.39, 0.29) is 29.4 Å². The van der Waals surface area contributed by atoms with Crippen LogP contribution in [0.1, 0.15) is 170 Å². The summed E-state index contributed by atoms with van der Waals surface area (Å²) in [6.45, 7) is 12.0. The molecule has 55 heavy (non-hydrogen) atoms. The van der Waals surface area contributed by atoms with Crippen LogP contribution in [-0.2, 0) is 25.5 Å². The van der Waals surface area contributed by atoms with Gasteiger partial charge in [-0.2, -0.15) is 0 Å². The first-order valence-electron chi connectivity index (χ1n) is 21.7. The van der Waals surface area contributed by atoms with E-state index in [1.54, 1.807) is 6.20 Å². The number of hydrogen-bond donors (Lipinski definition) is 1. The van der Waals surface area contributed by atoms with Gasteiger partial charge >= 0.3 is 11.9 Å². The van der Waals surface area contributed by atoms with E-state index >= 15 is 0 Å². The number of ether oxygens (including phenoxy) is 2. The summed E-state index contributed by atoms with van der Waals surface area (Å²) in [6, 6.07) is 6.32. The van der Waals surface area contributed by atoms with Gasteiger partial charge in [0, 0.05) is 35.8 Å². The summed E-state index contributed by atoms with van der Waals surface area (Å²) in [7, 11) is 0. The van der Waals surface area contributed by atoms with Crippen molar-refractivity contribution in [1.82, 2.24) is 4.98 Å². The van der Waals surface area contributed by atoms with Crippen LogP contribution in [0.5, 0.6) is 5.75 Å². The molecule has 1 aromatic carbocycles. The number of fused-ring (bicyclic) bond motifs is 5. The number of hydrogen-bond acceptors (Lipinski definition) is 7. The van der Waals surface area contributed by atoms with E-state index in [2.05, 4.69) is 42.5 Å². The molecule has 0 spiro atoms. The average Bonchev–Trinajstić information content (AvgIpc) is 3.71. The second-order valence-electron chi connectivity index (χ2n) is 16.9. The van der Waals surface area contributed by atoms with Crippen molar-refractivity contribution in [2.45, 2.75) is 174 Å². The number of allylic oxidation sites excluding steroid dienone is 2. The van der Waals surface area contributed by atoms with Gasteiger partial charge < -0.3 is 14.8 Å². The number of nitrogens with zero attached hydrogens (tertiary/aromatic N) is 1. The van der Waals surface area contributed by atoms with Crippen molar-refractivity contribution in [2.24, 2.45) is 23.2 Å². The molecule has 1 aromatic heterocycles. The Morgan fingerprint density at radius 3 is 2.20 bits per heavy atom. The SMILES string of the molecule is C=CCCCCCCCCC(=O)Oc1ccc2c(c1)CCC1C2CC[C@@]2(C)C1[C@H](CCC(=O)Nc1ncc(C)s1)C[C@@H]2OC(=O)CCCCCCCCC=C. The molecule has 1 N–H and O–H groups in total. The number of esters is 2. The third-order valence-electron chi connectivity index (χ3n) is 12.9. The molecule has 1 amide bonds. The Bertz CT molecular complexity index is 1570. The van der Waals surface area contributed by atoms with Crippen LogP contribution in [0.3, 0.4) is 0 Å². The zero-order valence-electron chi connectivity index (χ0n) is 33.9. The quantitative estimate of drug-likeness (QED) is 0.0494. The Hall–Kier alpha value is -3.26. The second-order valence-corrected chi connectivity index (χ2v) is 18.2. The average molecular weight is 773 g/mol. The minimum Gasteiger partial charge on any atom is -0.462 e. The number of aryl methyl sites for hydroxylation is 2. The Kier molecular flexibility index (Phi) is 17.1. The highest BCUT2D eigenvalue weighted by Gasteiger charge is 2.60. The van der Waals surface area contributed by atoms with Crippen LogP contribution < -0.4 is 10.1 Å². The minimum absolute atomic E-state index is 0.00340. The van der Waals surface area contributed by atoms with Crippen molar-refractivity contribution >= 4 is 34.3 Å². The number of nitrogens with one attached hydrogen (secondary N) is 1. The summed E-state index contributed by atoms with van der Waals surface area (Å²) in [4.78, 5) is 44.6. The number of thiazole rings is 1. The molecule has 7 nitrogen and oxygen atoms in total. The summed E-state index contributed by atoms with van der Waals surface area (Å²) in [5.41, 5.74) is 2.56. The highest BCUT2D eigenvalue weighted by molar-refractivity contribution is 7.15. The van der Waals surface area contributed by atoms with Gasteiger partial charge in [-0.3, -0.25) is 14.4 Å². The second kappa shape index (κ2) is 21.9. The normalized spacial score (nSPS) is 23.9. The highest BCUT2D eigenvalue weighted by Crippen LogP contribution is 2.64. The van der Waals surface area contributed by atoms with Crippen LogP contribution in [0.4, 0.5) is 5.13 Å². The molecule has 3 aliphatic carbocycles. The lowest BCUT2D eigenvalue weighted by atomic mass is 9.53. The van der Waals surface area contributed by atoms with E-state index in [4.69, 9.17) is 9.47 Å². The van der Waals surface area contributed by atoms with E-state index in [1.807, 2.05) is 25.1 Å². The van der Waals surface area contributed by atoms with Gasteiger partial charge in [0.25, 0.3) is 0 Å². The number of carbonyl (C=O) groups is 3. The maximum Gasteiger partial charge on any atom is 0.311 e. The van der Waals surface area contributed by atoms with Crippen LogP contribution in [0.25, 0.3) is 0 Å². The standard InChI is InChI=1S/C47H68N2O5S/c1-5-7-9-11-13-15-17-19-21-43(51)53-37-25-27-38-35(31-37)23-26-40-39(38)29-30-47(4)41(54-44(52)22-20-18-16-14-12-10-8-6-2)32-36(45(40)47)24-28-42(50)49-46-48-33-34(3)55-46/h5-6,25,27,31,33,36,39-41,45H,1-2,7-24,26,28-30,32H2,3-4H3,(H,48,49,50)/t36-,39?,40?,41+,45?,47-/m1/s1. The van der Waals surface area contributed by atoms with Gasteiger partial charge in [-0.25, -0.2) is 4.98 Å². The third kappa shape index (κ3) is 12.4. The number of anilines is 1. The number of carbonyl (C=O) groups excluding carboxylic acids is 3. The van der Waals surface area contributed by atoms with Crippen LogP contribution >= 0.6 is 11.3 Å². The van der Waals surface area contributed by atoms with Crippen molar-refractivity contribution in [3.05, 3.63) is 65.7 Å². The van der Waals surface area contributed by atoms with Crippen molar-refractivity contribution in [3.63, 3.8) is 0 Å². The Morgan fingerprint density at radius 1 is 0.891 bits per heavy atom. The summed E-state index contributed by atoms with van der Waals surface area (Å²) >= 11 is 1.50. The fourth-order valence-electron chi connectivity index (χ4n) is 10.2. The van der Waals surface area contributed by atoms with Crippen molar-refractivity contribution in [3.8, 4) is 5.75 Å². The molecule has 1 heterocycles. The van der Waals surface area contributed by atoms with Gasteiger partial charge in [0.2, 0.25) is 5.91 Å². The molecular weight excluding hydrogens is 705 g/mol. The molecule has 6 atom stereocenters. The number of benzene rings is 1. The Labute approximate surface area is 335 Å². The van der Waals surface area contributed by atoms with E-state index < -0.39 is 0 Å². The lowest BCUT2D eigenvalue weighted by Gasteiger charge is -2.51. The third-order valence-corrected chi connectivity index (χ3v) is 13.8. The predicted octanol–water partition coefficient (Wildman–Crippen LogP) is 12.4. The molecule has 5 rings (SSSR count). The molecule has 302 valence electrons. The van der Waals surface area contributed by atoms with Crippen LogP contribution in [0.15, 0.2) is 49.7 Å². The summed E-state index contributed by atoms with van der Waals surface area (Å²) in [6.07, 6.45) is 28.2. The van der Waals surface area contributed by atoms with Gasteiger partial charge in [0.1, 0.15) is 11.9 Å². The molecule has 3 unspecified atom stereocenters. The van der Waals surface area contributed by atoms with Gasteiger partial charge in [-0.15, -0.1) is 24.5 Å². The molecule has 0 bridgehead atoms. The molecule has 2 aromatic rings. The summed E-state index contributed by atoms with van der Waals surface area (Å²) in [5, 5.41) is 3.66. The van der Waals surface area contributed by atoms with Gasteiger partial charge in [-0.05, 0) is 131 Å². The van der Waals surface area contributed by atoms with Crippen LogP contribution in [-0.4, -0.2) is 28.9 Å². The number of aromatic nitrogens is 1. The van der Waals surface area contributed by atoms with Crippen molar-refractivity contribution in [1.29, 1.82) is 0 Å². The molecule has 2 fully saturated rings. The topological polar surface area (TPSA) is 94.6 Å². The highest BCUT2D eigenvalue weighted by atomic mass is 32.1. The molecule has 2 saturated carbocycles. The van der Waals surface area contributed by atoms with Gasteiger partial charge in [0.05, 0.1) is 0 Å². The first-order chi connectivity index (χ1) is 26.7. The molecule has 3 aliphatic rings. The molecule has 0 aliphatic heterocycles. The number of rotatable bonds is 24. The van der Waals surface area contributed by atoms with E-state index in [0.717, 1.165) is 94.8 Å². The molecule has 0 saturated heterocycles. The predicted molar refractivity (Wildman–Crippen MR) is 224 cm³/mol. The van der Waals surface area contributed by atoms with E-state index in [9.17, 15) is 14.4 Å². The molecule has 8 heteroatoms. The van der Waals surface area contributed by atoms with E-state index in [0.29, 0.717) is 53.8 Å². The monoisotopic (exact) mass is 772 g/mol. The van der Waals surface area contributed by atoms with Crippen LogP contribution in [0, 0.1) is 30.1 Å². The Balaban J connectivity index is 1.19. The zero-order chi connectivity index (χ0) is 39.0. The lowest BCUT2D eigenvalue weighted by molar-refractivity contribution is -0.157. The molecular formula is C47H68N2O5S. The number of amides is 1. The zero-order valence-corrected chi connectivity index (χ0v) is 34.7. The van der Waals surface area contributed by atoms with Crippen LogP contribution in [0.2, 0.25) is 0 Å². The smallest absolute Gasteiger partial charge is 0.311 e. The van der Waals surface area contributed by atoms with Gasteiger partial charge in [-0.1, -0.05) is 76.5 Å². The fourth-order valence-corrected chi connectivity index (χ4v) is 10.9. The maximum absolute atomic E-state index is 13.3. The van der Waals surface area contributed by atoms with Gasteiger partial charge in [0.15, 0.2) is 5.13 Å². The Morgan fingerprint density at radius 2 is 1.55 bits per heavy atom. The number of unbranched alkanes of at least 4 members (excludes halogenated alkanes) is 12.